The molecule has 1 unspecified atom stereocenters. The number of aromatic nitrogens is 4. The molecule has 0 aromatic carbocycles. The molecule has 0 bridgehead atoms. The third-order valence-electron chi connectivity index (χ3n) is 6.03. The summed E-state index contributed by atoms with van der Waals surface area (Å²) in [4.78, 5) is 11.1. The van der Waals surface area contributed by atoms with Gasteiger partial charge >= 0.3 is 12.1 Å². The van der Waals surface area contributed by atoms with Crippen molar-refractivity contribution in [3.8, 4) is 0 Å². The quantitative estimate of drug-likeness (QED) is 0.712. The van der Waals surface area contributed by atoms with Crippen molar-refractivity contribution < 1.29 is 37.3 Å². The van der Waals surface area contributed by atoms with E-state index in [0.717, 1.165) is 76.7 Å². The van der Waals surface area contributed by atoms with E-state index in [-0.39, 0.29) is 5.60 Å². The van der Waals surface area contributed by atoms with Crippen molar-refractivity contribution in [2.24, 2.45) is 5.92 Å². The lowest BCUT2D eigenvalue weighted by Crippen LogP contribution is -2.66. The van der Waals surface area contributed by atoms with E-state index in [1.165, 1.54) is 0 Å². The molecule has 0 aliphatic carbocycles. The van der Waals surface area contributed by atoms with Crippen molar-refractivity contribution in [2.45, 2.75) is 43.6 Å². The number of rotatable bonds is 4. The van der Waals surface area contributed by atoms with E-state index in [1.807, 2.05) is 12.1 Å². The molecule has 0 saturated carbocycles. The van der Waals surface area contributed by atoms with Crippen LogP contribution in [-0.4, -0.2) is 88.3 Å². The van der Waals surface area contributed by atoms with Gasteiger partial charge < -0.3 is 24.2 Å². The largest absolute Gasteiger partial charge is 0.490 e. The minimum atomic E-state index is -5.08. The number of fused-ring (bicyclic) bond motifs is 1. The van der Waals surface area contributed by atoms with Crippen LogP contribution in [0.3, 0.4) is 0 Å². The number of nitrogens with zero attached hydrogens (tertiary/aromatic N) is 5. The number of hydrogen-bond acceptors (Lipinski definition) is 8. The van der Waals surface area contributed by atoms with E-state index in [2.05, 4.69) is 20.2 Å². The zero-order valence-electron chi connectivity index (χ0n) is 17.9. The van der Waals surface area contributed by atoms with Crippen LogP contribution in [0.25, 0.3) is 5.65 Å². The van der Waals surface area contributed by atoms with Gasteiger partial charge in [-0.25, -0.2) is 4.79 Å². The summed E-state index contributed by atoms with van der Waals surface area (Å²) in [6.45, 7) is 5.13. The minimum absolute atomic E-state index is 0.0809. The van der Waals surface area contributed by atoms with Gasteiger partial charge in [-0.3, -0.25) is 0 Å². The number of carbonyl (C=O) groups is 1. The maximum absolute atomic E-state index is 10.6. The van der Waals surface area contributed by atoms with Crippen LogP contribution >= 0.6 is 0 Å². The van der Waals surface area contributed by atoms with Gasteiger partial charge in [0.15, 0.2) is 5.65 Å². The lowest BCUT2D eigenvalue weighted by atomic mass is 9.84. The Hall–Kier alpha value is -2.51. The third-order valence-corrected chi connectivity index (χ3v) is 6.03. The summed E-state index contributed by atoms with van der Waals surface area (Å²) in [6, 6.07) is 3.95. The molecular formula is C20H26F3N5O5. The fourth-order valence-electron chi connectivity index (χ4n) is 4.23. The molecular weight excluding hydrogens is 447 g/mol. The Balaban J connectivity index is 0.000000325. The average Bonchev–Trinajstić information content (AvgIpc) is 3.24. The van der Waals surface area contributed by atoms with Gasteiger partial charge in [0, 0.05) is 32.8 Å². The highest BCUT2D eigenvalue weighted by Gasteiger charge is 2.48. The smallest absolute Gasteiger partial charge is 0.475 e. The molecule has 1 spiro atoms. The summed E-state index contributed by atoms with van der Waals surface area (Å²) >= 11 is 0. The van der Waals surface area contributed by atoms with E-state index in [0.29, 0.717) is 12.0 Å². The molecule has 3 aliphatic rings. The predicted octanol–water partition coefficient (Wildman–Crippen LogP) is 1.94. The highest BCUT2D eigenvalue weighted by atomic mass is 19.4. The molecule has 3 aliphatic heterocycles. The van der Waals surface area contributed by atoms with Crippen molar-refractivity contribution in [1.29, 1.82) is 0 Å². The monoisotopic (exact) mass is 473 g/mol. The standard InChI is InChI=1S/C18H25N5O3.C2HF3O2/c1-2-17(21-23-13-19-20-16(1)23)22-11-18(12-22)9-15(5-8-26-18)25-10-14-3-6-24-7-4-14;3-2(4,5)1(6)7/h1-2,13-15H,3-12H2;(H,6,7). The highest BCUT2D eigenvalue weighted by Crippen LogP contribution is 2.37. The lowest BCUT2D eigenvalue weighted by molar-refractivity contribution is -0.192. The number of hydrogen-bond donors (Lipinski definition) is 1. The Morgan fingerprint density at radius 3 is 2.64 bits per heavy atom. The van der Waals surface area contributed by atoms with Crippen molar-refractivity contribution in [3.05, 3.63) is 18.5 Å². The van der Waals surface area contributed by atoms with Crippen LogP contribution in [0.5, 0.6) is 0 Å². The molecule has 33 heavy (non-hydrogen) atoms. The molecule has 13 heteroatoms. The Bertz CT molecular complexity index is 944. The van der Waals surface area contributed by atoms with Crippen LogP contribution < -0.4 is 4.90 Å². The van der Waals surface area contributed by atoms with E-state index >= 15 is 0 Å². The van der Waals surface area contributed by atoms with Gasteiger partial charge in [0.2, 0.25) is 0 Å². The molecule has 5 heterocycles. The van der Waals surface area contributed by atoms with Gasteiger partial charge in [-0.15, -0.1) is 15.3 Å². The highest BCUT2D eigenvalue weighted by molar-refractivity contribution is 5.73. The predicted molar refractivity (Wildman–Crippen MR) is 108 cm³/mol. The number of anilines is 1. The topological polar surface area (TPSA) is 111 Å². The molecule has 2 aromatic rings. The maximum Gasteiger partial charge on any atom is 0.490 e. The van der Waals surface area contributed by atoms with Crippen molar-refractivity contribution in [3.63, 3.8) is 0 Å². The molecule has 10 nitrogen and oxygen atoms in total. The van der Waals surface area contributed by atoms with Crippen molar-refractivity contribution in [1.82, 2.24) is 19.8 Å². The molecule has 3 saturated heterocycles. The summed E-state index contributed by atoms with van der Waals surface area (Å²) in [5.41, 5.74) is 0.682. The zero-order valence-corrected chi connectivity index (χ0v) is 17.9. The minimum Gasteiger partial charge on any atom is -0.475 e. The zero-order chi connectivity index (χ0) is 23.5. The summed E-state index contributed by atoms with van der Waals surface area (Å²) in [5, 5.41) is 19.6. The Morgan fingerprint density at radius 1 is 1.21 bits per heavy atom. The van der Waals surface area contributed by atoms with Crippen LogP contribution in [0.15, 0.2) is 18.5 Å². The summed E-state index contributed by atoms with van der Waals surface area (Å²) in [6.07, 6.45) is 1.07. The van der Waals surface area contributed by atoms with E-state index in [1.54, 1.807) is 10.8 Å². The summed E-state index contributed by atoms with van der Waals surface area (Å²) in [5.74, 6) is -1.16. The van der Waals surface area contributed by atoms with Gasteiger partial charge in [0.05, 0.1) is 19.2 Å². The second-order valence-corrected chi connectivity index (χ2v) is 8.52. The van der Waals surface area contributed by atoms with Crippen LogP contribution in [0.4, 0.5) is 19.0 Å². The second kappa shape index (κ2) is 9.77. The number of carboxylic acid groups (broad SMARTS) is 1. The van der Waals surface area contributed by atoms with E-state index < -0.39 is 12.1 Å². The lowest BCUT2D eigenvalue weighted by Gasteiger charge is -2.53. The number of halogens is 3. The maximum atomic E-state index is 10.6. The first-order valence-electron chi connectivity index (χ1n) is 10.8. The molecule has 0 radical (unpaired) electrons. The van der Waals surface area contributed by atoms with Gasteiger partial charge in [-0.2, -0.15) is 17.7 Å². The van der Waals surface area contributed by atoms with Crippen molar-refractivity contribution >= 4 is 17.4 Å². The number of ether oxygens (including phenoxy) is 3. The first-order valence-corrected chi connectivity index (χ1v) is 10.8. The molecule has 1 N–H and O–H groups in total. The molecule has 3 fully saturated rings. The molecule has 0 amide bonds. The van der Waals surface area contributed by atoms with Gasteiger partial charge in [-0.1, -0.05) is 0 Å². The summed E-state index contributed by atoms with van der Waals surface area (Å²) in [7, 11) is 0. The van der Waals surface area contributed by atoms with Gasteiger partial charge in [0.1, 0.15) is 17.7 Å². The molecule has 182 valence electrons. The SMILES string of the molecule is O=C(O)C(F)(F)F.c1cc2nncn2nc1N1CC2(CC(OCC3CCOCC3)CCO2)C1. The van der Waals surface area contributed by atoms with Gasteiger partial charge in [0.25, 0.3) is 0 Å². The van der Waals surface area contributed by atoms with Crippen molar-refractivity contribution in [2.75, 3.05) is 44.4 Å². The average molecular weight is 473 g/mol. The Kier molecular flexibility index (Phi) is 7.00. The fourth-order valence-corrected chi connectivity index (χ4v) is 4.23. The van der Waals surface area contributed by atoms with E-state index in [9.17, 15) is 13.2 Å². The Labute approximate surface area is 187 Å². The fraction of sp³-hybridized carbons (Fsp3) is 0.700. The normalized spacial score (nSPS) is 23.1. The number of aliphatic carboxylic acids is 1. The number of alkyl halides is 3. The van der Waals surface area contributed by atoms with Crippen LogP contribution in [0, 0.1) is 5.92 Å². The first-order chi connectivity index (χ1) is 15.7. The Morgan fingerprint density at radius 2 is 1.94 bits per heavy atom. The molecule has 2 aromatic heterocycles. The van der Waals surface area contributed by atoms with E-state index in [4.69, 9.17) is 24.1 Å². The molecule has 5 rings (SSSR count). The first kappa shape index (κ1) is 23.6. The number of carboxylic acids is 1. The molecule has 1 atom stereocenters. The van der Waals surface area contributed by atoms with Gasteiger partial charge in [-0.05, 0) is 37.3 Å². The third kappa shape index (κ3) is 5.89. The van der Waals surface area contributed by atoms with Crippen LogP contribution in [0.1, 0.15) is 25.7 Å². The van der Waals surface area contributed by atoms with Crippen LogP contribution in [-0.2, 0) is 19.0 Å². The van der Waals surface area contributed by atoms with Crippen LogP contribution in [0.2, 0.25) is 0 Å². The summed E-state index contributed by atoms with van der Waals surface area (Å²) < 4.78 is 51.3. The second-order valence-electron chi connectivity index (χ2n) is 8.52.